The average Bonchev–Trinajstić information content (AvgIpc) is 2.64. The van der Waals surface area contributed by atoms with E-state index in [9.17, 15) is 9.18 Å². The Kier molecular flexibility index (Phi) is 3.14. The second-order valence-corrected chi connectivity index (χ2v) is 4.15. The van der Waals surface area contributed by atoms with Gasteiger partial charge in [-0.25, -0.2) is 14.2 Å². The predicted octanol–water partition coefficient (Wildman–Crippen LogP) is 2.39. The molecule has 18 heavy (non-hydrogen) atoms. The molecule has 1 N–H and O–H groups in total. The van der Waals surface area contributed by atoms with Gasteiger partial charge in [0.2, 0.25) is 0 Å². The van der Waals surface area contributed by atoms with Crippen molar-refractivity contribution in [3.63, 3.8) is 0 Å². The number of carboxylic acid groups (broad SMARTS) is 1. The molecule has 0 saturated heterocycles. The lowest BCUT2D eigenvalue weighted by Gasteiger charge is -2.10. The Bertz CT molecular complexity index is 605. The van der Waals surface area contributed by atoms with E-state index in [2.05, 4.69) is 4.98 Å². The molecule has 1 heterocycles. The quantitative estimate of drug-likeness (QED) is 0.907. The van der Waals surface area contributed by atoms with Crippen molar-refractivity contribution in [1.82, 2.24) is 9.55 Å². The molecule has 0 fully saturated rings. The van der Waals surface area contributed by atoms with E-state index in [1.807, 2.05) is 0 Å². The molecule has 0 saturated carbocycles. The SMILES string of the molecule is Cc1cc(F)ccc1Cn1c(C(=O)O)cnc1C. The first kappa shape index (κ1) is 12.3. The molecule has 0 unspecified atom stereocenters. The Balaban J connectivity index is 2.39. The van der Waals surface area contributed by atoms with E-state index in [1.54, 1.807) is 24.5 Å². The van der Waals surface area contributed by atoms with E-state index in [-0.39, 0.29) is 11.5 Å². The number of benzene rings is 1. The number of halogens is 1. The first-order valence-electron chi connectivity index (χ1n) is 5.49. The van der Waals surface area contributed by atoms with Crippen molar-refractivity contribution in [2.24, 2.45) is 0 Å². The van der Waals surface area contributed by atoms with Gasteiger partial charge < -0.3 is 9.67 Å². The smallest absolute Gasteiger partial charge is 0.354 e. The molecular weight excluding hydrogens is 235 g/mol. The number of aryl methyl sites for hydroxylation is 2. The summed E-state index contributed by atoms with van der Waals surface area (Å²) in [7, 11) is 0. The van der Waals surface area contributed by atoms with Crippen LogP contribution in [0.4, 0.5) is 4.39 Å². The minimum absolute atomic E-state index is 0.135. The van der Waals surface area contributed by atoms with Crippen molar-refractivity contribution in [2.45, 2.75) is 20.4 Å². The highest BCUT2D eigenvalue weighted by molar-refractivity contribution is 5.85. The van der Waals surface area contributed by atoms with Crippen molar-refractivity contribution < 1.29 is 14.3 Å². The van der Waals surface area contributed by atoms with Crippen LogP contribution in [0.2, 0.25) is 0 Å². The third kappa shape index (κ3) is 2.25. The van der Waals surface area contributed by atoms with Crippen LogP contribution in [0.3, 0.4) is 0 Å². The van der Waals surface area contributed by atoms with Gasteiger partial charge in [-0.05, 0) is 37.1 Å². The lowest BCUT2D eigenvalue weighted by atomic mass is 10.1. The fraction of sp³-hybridized carbons (Fsp3) is 0.231. The van der Waals surface area contributed by atoms with Crippen LogP contribution in [0.5, 0.6) is 0 Å². The Hall–Kier alpha value is -2.17. The first-order chi connectivity index (χ1) is 8.49. The summed E-state index contributed by atoms with van der Waals surface area (Å²) in [5, 5.41) is 9.05. The lowest BCUT2D eigenvalue weighted by Crippen LogP contribution is -2.11. The maximum absolute atomic E-state index is 13.0. The van der Waals surface area contributed by atoms with Crippen molar-refractivity contribution in [3.8, 4) is 0 Å². The maximum Gasteiger partial charge on any atom is 0.354 e. The highest BCUT2D eigenvalue weighted by atomic mass is 19.1. The number of rotatable bonds is 3. The largest absolute Gasteiger partial charge is 0.477 e. The van der Waals surface area contributed by atoms with Gasteiger partial charge in [0.1, 0.15) is 17.3 Å². The maximum atomic E-state index is 13.0. The summed E-state index contributed by atoms with van der Waals surface area (Å²) >= 11 is 0. The van der Waals surface area contributed by atoms with E-state index in [0.29, 0.717) is 12.4 Å². The molecule has 94 valence electrons. The summed E-state index contributed by atoms with van der Waals surface area (Å²) in [6.45, 7) is 3.91. The van der Waals surface area contributed by atoms with E-state index >= 15 is 0 Å². The number of imidazole rings is 1. The van der Waals surface area contributed by atoms with Crippen molar-refractivity contribution in [2.75, 3.05) is 0 Å². The number of carboxylic acids is 1. The molecule has 1 aromatic carbocycles. The second-order valence-electron chi connectivity index (χ2n) is 4.15. The lowest BCUT2D eigenvalue weighted by molar-refractivity contribution is 0.0685. The first-order valence-corrected chi connectivity index (χ1v) is 5.49. The molecule has 4 nitrogen and oxygen atoms in total. The van der Waals surface area contributed by atoms with Crippen molar-refractivity contribution in [1.29, 1.82) is 0 Å². The van der Waals surface area contributed by atoms with Crippen LogP contribution in [0, 0.1) is 19.7 Å². The Labute approximate surface area is 104 Å². The second kappa shape index (κ2) is 4.60. The molecule has 1 aromatic heterocycles. The zero-order valence-corrected chi connectivity index (χ0v) is 10.1. The fourth-order valence-electron chi connectivity index (χ4n) is 1.85. The Morgan fingerprint density at radius 3 is 2.78 bits per heavy atom. The number of aromatic carboxylic acids is 1. The zero-order valence-electron chi connectivity index (χ0n) is 10.1. The molecule has 0 bridgehead atoms. The van der Waals surface area contributed by atoms with Gasteiger partial charge in [-0.15, -0.1) is 0 Å². The molecule has 0 aliphatic rings. The highest BCUT2D eigenvalue weighted by Crippen LogP contribution is 2.14. The third-order valence-electron chi connectivity index (χ3n) is 2.91. The zero-order chi connectivity index (χ0) is 13.3. The summed E-state index contributed by atoms with van der Waals surface area (Å²) in [5.41, 5.74) is 1.80. The summed E-state index contributed by atoms with van der Waals surface area (Å²) in [6.07, 6.45) is 1.33. The van der Waals surface area contributed by atoms with Gasteiger partial charge in [0, 0.05) is 6.54 Å². The number of nitrogens with zero attached hydrogens (tertiary/aromatic N) is 2. The van der Waals surface area contributed by atoms with Crippen LogP contribution < -0.4 is 0 Å². The van der Waals surface area contributed by atoms with Gasteiger partial charge in [-0.1, -0.05) is 6.07 Å². The van der Waals surface area contributed by atoms with E-state index in [4.69, 9.17) is 5.11 Å². The van der Waals surface area contributed by atoms with Gasteiger partial charge in [0.05, 0.1) is 6.20 Å². The molecule has 0 aliphatic carbocycles. The van der Waals surface area contributed by atoms with E-state index in [0.717, 1.165) is 11.1 Å². The molecule has 0 spiro atoms. The van der Waals surface area contributed by atoms with Gasteiger partial charge in [-0.2, -0.15) is 0 Å². The Morgan fingerprint density at radius 2 is 2.17 bits per heavy atom. The number of aromatic nitrogens is 2. The van der Waals surface area contributed by atoms with Crippen LogP contribution in [-0.4, -0.2) is 20.6 Å². The van der Waals surface area contributed by atoms with Crippen molar-refractivity contribution >= 4 is 5.97 Å². The minimum atomic E-state index is -1.02. The number of carbonyl (C=O) groups is 1. The predicted molar refractivity (Wildman–Crippen MR) is 64.2 cm³/mol. The normalized spacial score (nSPS) is 10.6. The van der Waals surface area contributed by atoms with Gasteiger partial charge in [0.25, 0.3) is 0 Å². The summed E-state index contributed by atoms with van der Waals surface area (Å²) in [4.78, 5) is 15.0. The van der Waals surface area contributed by atoms with Crippen LogP contribution in [0.15, 0.2) is 24.4 Å². The van der Waals surface area contributed by atoms with Gasteiger partial charge in [0.15, 0.2) is 0 Å². The van der Waals surface area contributed by atoms with E-state index < -0.39 is 5.97 Å². The molecular formula is C13H13FN2O2. The minimum Gasteiger partial charge on any atom is -0.477 e. The van der Waals surface area contributed by atoms with Crippen molar-refractivity contribution in [3.05, 3.63) is 52.9 Å². The average molecular weight is 248 g/mol. The van der Waals surface area contributed by atoms with Crippen LogP contribution in [0.1, 0.15) is 27.4 Å². The standard InChI is InChI=1S/C13H13FN2O2/c1-8-5-11(14)4-3-10(8)7-16-9(2)15-6-12(16)13(17)18/h3-6H,7H2,1-2H3,(H,17,18). The fourth-order valence-corrected chi connectivity index (χ4v) is 1.85. The van der Waals surface area contributed by atoms with Crippen LogP contribution >= 0.6 is 0 Å². The molecule has 0 amide bonds. The highest BCUT2D eigenvalue weighted by Gasteiger charge is 2.14. The number of hydrogen-bond acceptors (Lipinski definition) is 2. The van der Waals surface area contributed by atoms with Crippen LogP contribution in [0.25, 0.3) is 0 Å². The van der Waals surface area contributed by atoms with Gasteiger partial charge >= 0.3 is 5.97 Å². The molecule has 0 aliphatic heterocycles. The molecule has 2 rings (SSSR count). The molecule has 0 atom stereocenters. The summed E-state index contributed by atoms with van der Waals surface area (Å²) in [5.74, 6) is -0.691. The molecule has 5 heteroatoms. The summed E-state index contributed by atoms with van der Waals surface area (Å²) < 4.78 is 14.6. The summed E-state index contributed by atoms with van der Waals surface area (Å²) in [6, 6.07) is 4.47. The van der Waals surface area contributed by atoms with Crippen LogP contribution in [-0.2, 0) is 6.54 Å². The Morgan fingerprint density at radius 1 is 1.44 bits per heavy atom. The molecule has 0 radical (unpaired) electrons. The monoisotopic (exact) mass is 248 g/mol. The molecule has 2 aromatic rings. The van der Waals surface area contributed by atoms with Gasteiger partial charge in [-0.3, -0.25) is 0 Å². The number of hydrogen-bond donors (Lipinski definition) is 1. The topological polar surface area (TPSA) is 55.1 Å². The third-order valence-corrected chi connectivity index (χ3v) is 2.91. The van der Waals surface area contributed by atoms with E-state index in [1.165, 1.54) is 18.3 Å².